The maximum Gasteiger partial charge on any atom is 0.314 e. The molecule has 0 heterocycles. The summed E-state index contributed by atoms with van der Waals surface area (Å²) in [6, 6.07) is 12.4. The number of benzene rings is 2. The molecule has 0 aliphatic rings. The van der Waals surface area contributed by atoms with Crippen LogP contribution in [0.4, 0.5) is 10.1 Å². The average Bonchev–Trinajstić information content (AvgIpc) is 2.70. The zero-order valence-corrected chi connectivity index (χ0v) is 15.5. The van der Waals surface area contributed by atoms with E-state index in [0.29, 0.717) is 25.0 Å². The molecule has 150 valence electrons. The van der Waals surface area contributed by atoms with Gasteiger partial charge in [0.2, 0.25) is 5.75 Å². The van der Waals surface area contributed by atoms with Crippen molar-refractivity contribution in [3.63, 3.8) is 0 Å². The van der Waals surface area contributed by atoms with Crippen molar-refractivity contribution < 1.29 is 24.3 Å². The normalized spacial score (nSPS) is 11.3. The molecular formula is C20H18FN3O5. The van der Waals surface area contributed by atoms with Crippen LogP contribution in [0.3, 0.4) is 0 Å². The summed E-state index contributed by atoms with van der Waals surface area (Å²) in [4.78, 5) is 23.6. The van der Waals surface area contributed by atoms with Gasteiger partial charge in [-0.15, -0.1) is 0 Å². The summed E-state index contributed by atoms with van der Waals surface area (Å²) in [5.41, 5.74) is -1.06. The molecule has 0 bridgehead atoms. The van der Waals surface area contributed by atoms with Crippen molar-refractivity contribution in [2.75, 3.05) is 13.6 Å². The van der Waals surface area contributed by atoms with Crippen LogP contribution in [0.5, 0.6) is 5.75 Å². The molecule has 1 amide bonds. The number of carbonyl (C=O) groups is 1. The van der Waals surface area contributed by atoms with Crippen LogP contribution in [0.1, 0.15) is 17.5 Å². The van der Waals surface area contributed by atoms with E-state index >= 15 is 0 Å². The number of nitro benzene ring substituents is 1. The number of nitriles is 1. The van der Waals surface area contributed by atoms with E-state index in [1.807, 2.05) is 30.3 Å². The van der Waals surface area contributed by atoms with Gasteiger partial charge in [0.15, 0.2) is 11.4 Å². The van der Waals surface area contributed by atoms with Crippen LogP contribution in [-0.4, -0.2) is 39.5 Å². The van der Waals surface area contributed by atoms with Crippen molar-refractivity contribution in [2.45, 2.75) is 12.8 Å². The van der Waals surface area contributed by atoms with Gasteiger partial charge in [-0.25, -0.2) is 4.39 Å². The van der Waals surface area contributed by atoms with Crippen molar-refractivity contribution in [1.29, 1.82) is 5.26 Å². The average molecular weight is 399 g/mol. The lowest BCUT2D eigenvalue weighted by atomic mass is 10.1. The topological polar surface area (TPSA) is 128 Å². The summed E-state index contributed by atoms with van der Waals surface area (Å²) >= 11 is 0. The van der Waals surface area contributed by atoms with Crippen molar-refractivity contribution >= 4 is 17.4 Å². The molecule has 0 unspecified atom stereocenters. The highest BCUT2D eigenvalue weighted by atomic mass is 19.1. The fraction of sp³-hybridized carbons (Fsp3) is 0.200. The number of phenolic OH excluding ortho intramolecular Hbond substituents is 1. The molecule has 0 aliphatic heterocycles. The van der Waals surface area contributed by atoms with E-state index in [1.54, 1.807) is 6.07 Å². The molecule has 0 radical (unpaired) electrons. The van der Waals surface area contributed by atoms with Gasteiger partial charge in [-0.3, -0.25) is 14.9 Å². The first-order valence-corrected chi connectivity index (χ1v) is 8.56. The van der Waals surface area contributed by atoms with Gasteiger partial charge in [0.05, 0.1) is 4.92 Å². The number of amides is 1. The van der Waals surface area contributed by atoms with Gasteiger partial charge >= 0.3 is 5.69 Å². The first kappa shape index (κ1) is 21.4. The van der Waals surface area contributed by atoms with E-state index in [2.05, 4.69) is 0 Å². The largest absolute Gasteiger partial charge is 0.506 e. The summed E-state index contributed by atoms with van der Waals surface area (Å²) in [7, 11) is 1.44. The smallest absolute Gasteiger partial charge is 0.314 e. The second-order valence-corrected chi connectivity index (χ2v) is 6.23. The van der Waals surface area contributed by atoms with Crippen LogP contribution in [0.15, 0.2) is 48.0 Å². The number of nitro groups is 1. The van der Waals surface area contributed by atoms with Gasteiger partial charge in [0.1, 0.15) is 11.8 Å². The van der Waals surface area contributed by atoms with E-state index in [0.717, 1.165) is 5.56 Å². The number of halogens is 1. The Balaban J connectivity index is 2.21. The number of aliphatic hydroxyl groups is 1. The number of carbonyl (C=O) groups excluding carboxylic acids is 1. The van der Waals surface area contributed by atoms with Crippen molar-refractivity contribution in [1.82, 2.24) is 4.90 Å². The van der Waals surface area contributed by atoms with Gasteiger partial charge in [-0.05, 0) is 24.5 Å². The Morgan fingerprint density at radius 1 is 1.31 bits per heavy atom. The highest BCUT2D eigenvalue weighted by Gasteiger charge is 2.25. The molecule has 0 spiro atoms. The molecule has 0 aromatic heterocycles. The quantitative estimate of drug-likeness (QED) is 0.242. The number of aliphatic hydroxyl groups excluding tert-OH is 1. The lowest BCUT2D eigenvalue weighted by molar-refractivity contribution is -0.386. The molecule has 29 heavy (non-hydrogen) atoms. The Kier molecular flexibility index (Phi) is 6.87. The van der Waals surface area contributed by atoms with E-state index < -0.39 is 45.0 Å². The van der Waals surface area contributed by atoms with Crippen LogP contribution in [0.2, 0.25) is 0 Å². The number of aromatic hydroxyl groups is 1. The second kappa shape index (κ2) is 9.32. The first-order chi connectivity index (χ1) is 13.8. The van der Waals surface area contributed by atoms with Gasteiger partial charge in [0.25, 0.3) is 5.91 Å². The molecule has 2 N–H and O–H groups in total. The molecule has 0 atom stereocenters. The number of aryl methyl sites for hydroxylation is 1. The molecule has 8 nitrogen and oxygen atoms in total. The third-order valence-electron chi connectivity index (χ3n) is 4.22. The van der Waals surface area contributed by atoms with Crippen LogP contribution in [0, 0.1) is 27.3 Å². The standard InChI is InChI=1S/C20H18FN3O5/c1-23(9-5-8-13-6-3-2-4-7-13)20(27)15(12-22)18(25)14-10-16(21)19(26)17(11-14)24(28)29/h2-4,6-7,10-11,25-26H,5,8-9H2,1H3/b18-15-. The van der Waals surface area contributed by atoms with E-state index in [1.165, 1.54) is 11.9 Å². The monoisotopic (exact) mass is 399 g/mol. The molecule has 2 aromatic carbocycles. The fourth-order valence-electron chi connectivity index (χ4n) is 2.66. The SMILES string of the molecule is CN(CCCc1ccccc1)C(=O)/C(C#N)=C(\O)c1cc(F)c(O)c([N+](=O)[O-])c1. The summed E-state index contributed by atoms with van der Waals surface area (Å²) in [5, 5.41) is 39.9. The molecule has 2 rings (SSSR count). The Labute approximate surface area is 165 Å². The maximum absolute atomic E-state index is 13.7. The predicted octanol–water partition coefficient (Wildman–Crippen LogP) is 3.32. The zero-order chi connectivity index (χ0) is 21.6. The third kappa shape index (κ3) is 5.07. The number of rotatable bonds is 7. The minimum absolute atomic E-state index is 0.288. The molecule has 0 fully saturated rings. The highest BCUT2D eigenvalue weighted by Crippen LogP contribution is 2.32. The lowest BCUT2D eigenvalue weighted by Gasteiger charge is -2.17. The summed E-state index contributed by atoms with van der Waals surface area (Å²) < 4.78 is 13.7. The number of hydrogen-bond acceptors (Lipinski definition) is 6. The lowest BCUT2D eigenvalue weighted by Crippen LogP contribution is -2.29. The number of phenols is 1. The van der Waals surface area contributed by atoms with Crippen LogP contribution in [0.25, 0.3) is 5.76 Å². The van der Waals surface area contributed by atoms with Crippen molar-refractivity contribution in [3.05, 3.63) is 75.1 Å². The van der Waals surface area contributed by atoms with Crippen molar-refractivity contribution in [2.24, 2.45) is 0 Å². The minimum Gasteiger partial charge on any atom is -0.506 e. The molecular weight excluding hydrogens is 381 g/mol. The molecule has 2 aromatic rings. The first-order valence-electron chi connectivity index (χ1n) is 8.56. The van der Waals surface area contributed by atoms with Crippen molar-refractivity contribution in [3.8, 4) is 11.8 Å². The Hall–Kier alpha value is -3.93. The zero-order valence-electron chi connectivity index (χ0n) is 15.5. The molecule has 0 saturated heterocycles. The third-order valence-corrected chi connectivity index (χ3v) is 4.22. The number of nitrogens with zero attached hydrogens (tertiary/aromatic N) is 3. The number of likely N-dealkylation sites (N-methyl/N-ethyl adjacent to an activating group) is 1. The summed E-state index contributed by atoms with van der Waals surface area (Å²) in [6.07, 6.45) is 1.30. The molecule has 0 saturated carbocycles. The van der Waals surface area contributed by atoms with E-state index in [9.17, 15) is 34.8 Å². The van der Waals surface area contributed by atoms with Crippen LogP contribution in [-0.2, 0) is 11.2 Å². The highest BCUT2D eigenvalue weighted by molar-refractivity contribution is 6.03. The summed E-state index contributed by atoms with van der Waals surface area (Å²) in [5.74, 6) is -4.28. The Morgan fingerprint density at radius 3 is 2.55 bits per heavy atom. The van der Waals surface area contributed by atoms with Crippen LogP contribution >= 0.6 is 0 Å². The predicted molar refractivity (Wildman–Crippen MR) is 102 cm³/mol. The van der Waals surface area contributed by atoms with E-state index in [-0.39, 0.29) is 6.54 Å². The van der Waals surface area contributed by atoms with Gasteiger partial charge in [-0.2, -0.15) is 5.26 Å². The second-order valence-electron chi connectivity index (χ2n) is 6.23. The van der Waals surface area contributed by atoms with E-state index in [4.69, 9.17) is 0 Å². The Morgan fingerprint density at radius 2 is 1.97 bits per heavy atom. The molecule has 0 aliphatic carbocycles. The maximum atomic E-state index is 13.7. The van der Waals surface area contributed by atoms with Gasteiger partial charge < -0.3 is 15.1 Å². The fourth-order valence-corrected chi connectivity index (χ4v) is 2.66. The van der Waals surface area contributed by atoms with Gasteiger partial charge in [0, 0.05) is 25.2 Å². The van der Waals surface area contributed by atoms with Crippen LogP contribution < -0.4 is 0 Å². The minimum atomic E-state index is -1.36. The number of hydrogen-bond donors (Lipinski definition) is 2. The molecule has 9 heteroatoms. The Bertz CT molecular complexity index is 999. The van der Waals surface area contributed by atoms with Gasteiger partial charge in [-0.1, -0.05) is 30.3 Å². The summed E-state index contributed by atoms with van der Waals surface area (Å²) in [6.45, 7) is 0.288.